The zero-order chi connectivity index (χ0) is 14.7. The van der Waals surface area contributed by atoms with E-state index in [1.165, 1.54) is 23.9 Å². The molecular weight excluding hydrogens is 287 g/mol. The van der Waals surface area contributed by atoms with Crippen molar-refractivity contribution in [3.63, 3.8) is 0 Å². The number of nitrogens with two attached hydrogens (primary N) is 1. The maximum atomic E-state index is 13.3. The molecule has 0 unspecified atom stereocenters. The maximum Gasteiger partial charge on any atom is 0.167 e. The van der Waals surface area contributed by atoms with E-state index in [0.29, 0.717) is 11.4 Å². The van der Waals surface area contributed by atoms with E-state index >= 15 is 0 Å². The van der Waals surface area contributed by atoms with Crippen molar-refractivity contribution >= 4 is 17.4 Å². The SMILES string of the molecule is Nc1cc(F)cc(SCc2cc(-c3ccccc3)on2)c1. The lowest BCUT2D eigenvalue weighted by Crippen LogP contribution is -1.88. The van der Waals surface area contributed by atoms with Crippen molar-refractivity contribution in [3.8, 4) is 11.3 Å². The molecule has 2 aromatic carbocycles. The second kappa shape index (κ2) is 6.01. The van der Waals surface area contributed by atoms with E-state index in [1.807, 2.05) is 36.4 Å². The molecule has 0 aliphatic heterocycles. The molecule has 0 radical (unpaired) electrons. The Bertz CT molecular complexity index is 723. The molecule has 3 nitrogen and oxygen atoms in total. The molecule has 0 atom stereocenters. The van der Waals surface area contributed by atoms with Crippen molar-refractivity contribution in [2.75, 3.05) is 5.73 Å². The molecule has 0 bridgehead atoms. The fraction of sp³-hybridized carbons (Fsp3) is 0.0625. The standard InChI is InChI=1S/C16H13FN2OS/c17-12-6-13(18)8-15(7-12)21-10-14-9-16(20-19-14)11-4-2-1-3-5-11/h1-9H,10,18H2. The van der Waals surface area contributed by atoms with Gasteiger partial charge in [0.1, 0.15) is 5.82 Å². The maximum absolute atomic E-state index is 13.3. The van der Waals surface area contributed by atoms with Gasteiger partial charge in [-0.2, -0.15) is 0 Å². The molecular formula is C16H13FN2OS. The zero-order valence-corrected chi connectivity index (χ0v) is 11.9. The predicted octanol–water partition coefficient (Wildman–Crippen LogP) is 4.36. The Morgan fingerprint density at radius 2 is 1.90 bits per heavy atom. The second-order valence-electron chi connectivity index (χ2n) is 4.56. The van der Waals surface area contributed by atoms with E-state index < -0.39 is 0 Å². The minimum Gasteiger partial charge on any atom is -0.399 e. The van der Waals surface area contributed by atoms with Gasteiger partial charge in [-0.3, -0.25) is 0 Å². The molecule has 5 heteroatoms. The average Bonchev–Trinajstić information content (AvgIpc) is 2.94. The number of hydrogen-bond donors (Lipinski definition) is 1. The Balaban J connectivity index is 1.70. The molecule has 0 amide bonds. The van der Waals surface area contributed by atoms with Crippen LogP contribution in [0.2, 0.25) is 0 Å². The number of anilines is 1. The number of benzene rings is 2. The van der Waals surface area contributed by atoms with Gasteiger partial charge in [-0.05, 0) is 18.2 Å². The summed E-state index contributed by atoms with van der Waals surface area (Å²) >= 11 is 1.47. The Hall–Kier alpha value is -2.27. The van der Waals surface area contributed by atoms with Gasteiger partial charge in [0, 0.05) is 28.0 Å². The van der Waals surface area contributed by atoms with Crippen LogP contribution >= 0.6 is 11.8 Å². The Morgan fingerprint density at radius 1 is 1.10 bits per heavy atom. The van der Waals surface area contributed by atoms with Crippen molar-refractivity contribution in [1.29, 1.82) is 0 Å². The number of thioether (sulfide) groups is 1. The third kappa shape index (κ3) is 3.44. The molecule has 0 aliphatic carbocycles. The van der Waals surface area contributed by atoms with Crippen LogP contribution < -0.4 is 5.73 Å². The molecule has 0 fully saturated rings. The van der Waals surface area contributed by atoms with Gasteiger partial charge in [-0.15, -0.1) is 11.8 Å². The van der Waals surface area contributed by atoms with Gasteiger partial charge in [0.15, 0.2) is 5.76 Å². The fourth-order valence-electron chi connectivity index (χ4n) is 1.94. The summed E-state index contributed by atoms with van der Waals surface area (Å²) in [5.74, 6) is 0.992. The molecule has 1 heterocycles. The van der Waals surface area contributed by atoms with Crippen molar-refractivity contribution in [1.82, 2.24) is 5.16 Å². The Labute approximate surface area is 126 Å². The van der Waals surface area contributed by atoms with E-state index in [-0.39, 0.29) is 5.82 Å². The molecule has 0 aliphatic rings. The summed E-state index contributed by atoms with van der Waals surface area (Å²) in [5, 5.41) is 4.03. The van der Waals surface area contributed by atoms with Gasteiger partial charge in [-0.1, -0.05) is 35.5 Å². The highest BCUT2D eigenvalue weighted by Gasteiger charge is 2.07. The summed E-state index contributed by atoms with van der Waals surface area (Å²) in [6.07, 6.45) is 0. The number of nitrogens with zero attached hydrogens (tertiary/aromatic N) is 1. The molecule has 0 spiro atoms. The number of aromatic nitrogens is 1. The second-order valence-corrected chi connectivity index (χ2v) is 5.61. The van der Waals surface area contributed by atoms with Gasteiger partial charge in [0.05, 0.1) is 5.69 Å². The van der Waals surface area contributed by atoms with Crippen LogP contribution in [0.15, 0.2) is 64.0 Å². The first-order valence-corrected chi connectivity index (χ1v) is 7.39. The van der Waals surface area contributed by atoms with Crippen molar-refractivity contribution in [2.45, 2.75) is 10.6 Å². The quantitative estimate of drug-likeness (QED) is 0.574. The molecule has 0 saturated heterocycles. The van der Waals surface area contributed by atoms with Gasteiger partial charge in [0.25, 0.3) is 0 Å². The van der Waals surface area contributed by atoms with Gasteiger partial charge in [-0.25, -0.2) is 4.39 Å². The minimum absolute atomic E-state index is 0.331. The monoisotopic (exact) mass is 300 g/mol. The summed E-state index contributed by atoms with van der Waals surface area (Å²) in [7, 11) is 0. The lowest BCUT2D eigenvalue weighted by Gasteiger charge is -2.01. The summed E-state index contributed by atoms with van der Waals surface area (Å²) in [6.45, 7) is 0. The lowest BCUT2D eigenvalue weighted by molar-refractivity contribution is 0.426. The lowest BCUT2D eigenvalue weighted by atomic mass is 10.2. The van der Waals surface area contributed by atoms with E-state index in [9.17, 15) is 4.39 Å². The van der Waals surface area contributed by atoms with Gasteiger partial charge < -0.3 is 10.3 Å². The van der Waals surface area contributed by atoms with Crippen LogP contribution in [-0.4, -0.2) is 5.16 Å². The van der Waals surface area contributed by atoms with Crippen LogP contribution in [0.25, 0.3) is 11.3 Å². The number of nitrogen functional groups attached to an aromatic ring is 1. The Kier molecular flexibility index (Phi) is 3.92. The van der Waals surface area contributed by atoms with Gasteiger partial charge >= 0.3 is 0 Å². The highest BCUT2D eigenvalue weighted by molar-refractivity contribution is 7.98. The molecule has 3 aromatic rings. The fourth-order valence-corrected chi connectivity index (χ4v) is 2.81. The number of rotatable bonds is 4. The van der Waals surface area contributed by atoms with Crippen molar-refractivity contribution in [2.24, 2.45) is 0 Å². The largest absolute Gasteiger partial charge is 0.399 e. The summed E-state index contributed by atoms with van der Waals surface area (Å²) in [4.78, 5) is 0.775. The van der Waals surface area contributed by atoms with Crippen LogP contribution in [0.1, 0.15) is 5.69 Å². The smallest absolute Gasteiger partial charge is 0.167 e. The normalized spacial score (nSPS) is 10.7. The van der Waals surface area contributed by atoms with Crippen molar-refractivity contribution < 1.29 is 8.91 Å². The van der Waals surface area contributed by atoms with E-state index in [2.05, 4.69) is 5.16 Å². The molecule has 0 saturated carbocycles. The molecule has 21 heavy (non-hydrogen) atoms. The predicted molar refractivity (Wildman–Crippen MR) is 82.3 cm³/mol. The molecule has 1 aromatic heterocycles. The molecule has 106 valence electrons. The molecule has 2 N–H and O–H groups in total. The van der Waals surface area contributed by atoms with Crippen LogP contribution in [0, 0.1) is 5.82 Å². The first kappa shape index (κ1) is 13.7. The third-order valence-electron chi connectivity index (χ3n) is 2.90. The summed E-state index contributed by atoms with van der Waals surface area (Å²) in [5.41, 5.74) is 7.83. The zero-order valence-electron chi connectivity index (χ0n) is 11.1. The summed E-state index contributed by atoms with van der Waals surface area (Å²) < 4.78 is 18.6. The van der Waals surface area contributed by atoms with E-state index in [0.717, 1.165) is 21.9 Å². The van der Waals surface area contributed by atoms with Crippen molar-refractivity contribution in [3.05, 3.63) is 66.1 Å². The van der Waals surface area contributed by atoms with Gasteiger partial charge in [0.2, 0.25) is 0 Å². The molecule has 3 rings (SSSR count). The van der Waals surface area contributed by atoms with Crippen LogP contribution in [-0.2, 0) is 5.75 Å². The highest BCUT2D eigenvalue weighted by Crippen LogP contribution is 2.27. The number of hydrogen-bond acceptors (Lipinski definition) is 4. The summed E-state index contributed by atoms with van der Waals surface area (Å²) in [6, 6.07) is 16.2. The minimum atomic E-state index is -0.331. The highest BCUT2D eigenvalue weighted by atomic mass is 32.2. The van der Waals surface area contributed by atoms with E-state index in [1.54, 1.807) is 6.07 Å². The first-order chi connectivity index (χ1) is 10.2. The van der Waals surface area contributed by atoms with Crippen LogP contribution in [0.5, 0.6) is 0 Å². The average molecular weight is 300 g/mol. The third-order valence-corrected chi connectivity index (χ3v) is 3.91. The topological polar surface area (TPSA) is 52.0 Å². The van der Waals surface area contributed by atoms with Crippen LogP contribution in [0.4, 0.5) is 10.1 Å². The van der Waals surface area contributed by atoms with E-state index in [4.69, 9.17) is 10.3 Å². The first-order valence-electron chi connectivity index (χ1n) is 6.40. The van der Waals surface area contributed by atoms with Crippen LogP contribution in [0.3, 0.4) is 0 Å². The number of halogens is 1. The Morgan fingerprint density at radius 3 is 2.67 bits per heavy atom.